The van der Waals surface area contributed by atoms with Gasteiger partial charge in [0.2, 0.25) is 0 Å². The van der Waals surface area contributed by atoms with Crippen molar-refractivity contribution >= 4 is 0 Å². The standard InChI is InChI=1S/C13H14F4O3/c14-12(15)13(16,17)7-19-6-10(18)8-1-2-11-9(5-8)3-4-20-11/h1-2,5,10,12,18H,3-4,6-7H2. The van der Waals surface area contributed by atoms with E-state index in [1.54, 1.807) is 18.2 Å². The number of aliphatic hydroxyl groups is 1. The second kappa shape index (κ2) is 5.97. The zero-order chi connectivity index (χ0) is 14.8. The highest BCUT2D eigenvalue weighted by molar-refractivity contribution is 5.40. The van der Waals surface area contributed by atoms with E-state index in [-0.39, 0.29) is 0 Å². The summed E-state index contributed by atoms with van der Waals surface area (Å²) in [7, 11) is 0. The molecular weight excluding hydrogens is 280 g/mol. The SMILES string of the molecule is OC(COCC(F)(F)C(F)F)c1ccc2c(c1)CCO2. The Hall–Kier alpha value is -1.34. The number of ether oxygens (including phenoxy) is 2. The molecule has 0 bridgehead atoms. The van der Waals surface area contributed by atoms with Crippen molar-refractivity contribution < 1.29 is 32.1 Å². The Labute approximate surface area is 113 Å². The number of hydrogen-bond donors (Lipinski definition) is 1. The Kier molecular flexibility index (Phi) is 4.49. The molecule has 2 rings (SSSR count). The lowest BCUT2D eigenvalue weighted by atomic mass is 10.0. The molecule has 0 aromatic heterocycles. The van der Waals surface area contributed by atoms with Crippen LogP contribution >= 0.6 is 0 Å². The maximum atomic E-state index is 12.6. The lowest BCUT2D eigenvalue weighted by molar-refractivity contribution is -0.170. The summed E-state index contributed by atoms with van der Waals surface area (Å²) in [4.78, 5) is 0. The summed E-state index contributed by atoms with van der Waals surface area (Å²) in [6.45, 7) is -1.33. The molecule has 0 aliphatic carbocycles. The van der Waals surface area contributed by atoms with Crippen molar-refractivity contribution in [1.82, 2.24) is 0 Å². The molecule has 0 spiro atoms. The highest BCUT2D eigenvalue weighted by Gasteiger charge is 2.41. The minimum absolute atomic E-state index is 0.470. The lowest BCUT2D eigenvalue weighted by Crippen LogP contribution is -2.33. The highest BCUT2D eigenvalue weighted by Crippen LogP contribution is 2.29. The van der Waals surface area contributed by atoms with Gasteiger partial charge >= 0.3 is 12.3 Å². The molecule has 1 N–H and O–H groups in total. The van der Waals surface area contributed by atoms with Gasteiger partial charge in [0.05, 0.1) is 13.2 Å². The highest BCUT2D eigenvalue weighted by atomic mass is 19.3. The summed E-state index contributed by atoms with van der Waals surface area (Å²) in [6, 6.07) is 4.96. The molecule has 1 aliphatic heterocycles. The summed E-state index contributed by atoms with van der Waals surface area (Å²) >= 11 is 0. The Bertz CT molecular complexity index is 465. The van der Waals surface area contributed by atoms with Crippen molar-refractivity contribution in [2.45, 2.75) is 24.9 Å². The van der Waals surface area contributed by atoms with Gasteiger partial charge in [-0.25, -0.2) is 8.78 Å². The maximum absolute atomic E-state index is 12.6. The average molecular weight is 294 g/mol. The smallest absolute Gasteiger partial charge is 0.330 e. The van der Waals surface area contributed by atoms with Crippen LogP contribution in [0.15, 0.2) is 18.2 Å². The van der Waals surface area contributed by atoms with Gasteiger partial charge in [-0.1, -0.05) is 6.07 Å². The van der Waals surface area contributed by atoms with Crippen molar-refractivity contribution in [3.8, 4) is 5.75 Å². The predicted octanol–water partition coefficient (Wildman–Crippen LogP) is 2.57. The molecule has 1 unspecified atom stereocenters. The Balaban J connectivity index is 1.88. The fourth-order valence-electron chi connectivity index (χ4n) is 1.88. The average Bonchev–Trinajstić information content (AvgIpc) is 2.85. The third kappa shape index (κ3) is 3.40. The van der Waals surface area contributed by atoms with Gasteiger partial charge in [0.15, 0.2) is 0 Å². The monoisotopic (exact) mass is 294 g/mol. The maximum Gasteiger partial charge on any atom is 0.330 e. The van der Waals surface area contributed by atoms with Crippen LogP contribution in [0.2, 0.25) is 0 Å². The fraction of sp³-hybridized carbons (Fsp3) is 0.538. The van der Waals surface area contributed by atoms with Gasteiger partial charge in [0.1, 0.15) is 18.5 Å². The number of alkyl halides is 4. The molecule has 0 amide bonds. The normalized spacial score (nSPS) is 16.1. The number of benzene rings is 1. The molecule has 1 aliphatic rings. The first-order valence-corrected chi connectivity index (χ1v) is 6.07. The van der Waals surface area contributed by atoms with Crippen LogP contribution in [-0.4, -0.2) is 37.3 Å². The van der Waals surface area contributed by atoms with Gasteiger partial charge in [-0.2, -0.15) is 8.78 Å². The van der Waals surface area contributed by atoms with E-state index in [2.05, 4.69) is 4.74 Å². The van der Waals surface area contributed by atoms with Crippen LogP contribution in [0.4, 0.5) is 17.6 Å². The van der Waals surface area contributed by atoms with E-state index in [0.717, 1.165) is 11.3 Å². The van der Waals surface area contributed by atoms with Crippen LogP contribution in [0.3, 0.4) is 0 Å². The van der Waals surface area contributed by atoms with Gasteiger partial charge in [-0.3, -0.25) is 0 Å². The molecule has 7 heteroatoms. The predicted molar refractivity (Wildman–Crippen MR) is 62.4 cm³/mol. The molecule has 0 radical (unpaired) electrons. The molecule has 3 nitrogen and oxygen atoms in total. The van der Waals surface area contributed by atoms with Crippen molar-refractivity contribution in [3.63, 3.8) is 0 Å². The van der Waals surface area contributed by atoms with Crippen molar-refractivity contribution in [3.05, 3.63) is 29.3 Å². The van der Waals surface area contributed by atoms with E-state index < -0.39 is 31.7 Å². The summed E-state index contributed by atoms with van der Waals surface area (Å²) in [5.41, 5.74) is 1.40. The summed E-state index contributed by atoms with van der Waals surface area (Å²) in [5, 5.41) is 9.79. The largest absolute Gasteiger partial charge is 0.493 e. The van der Waals surface area contributed by atoms with Gasteiger partial charge < -0.3 is 14.6 Å². The number of aliphatic hydroxyl groups excluding tert-OH is 1. The van der Waals surface area contributed by atoms with Gasteiger partial charge in [0.25, 0.3) is 0 Å². The summed E-state index contributed by atoms with van der Waals surface area (Å²) < 4.78 is 58.8. The van der Waals surface area contributed by atoms with Crippen molar-refractivity contribution in [1.29, 1.82) is 0 Å². The van der Waals surface area contributed by atoms with Crippen molar-refractivity contribution in [2.24, 2.45) is 0 Å². The molecular formula is C13H14F4O3. The third-order valence-corrected chi connectivity index (χ3v) is 2.99. The van der Waals surface area contributed by atoms with E-state index >= 15 is 0 Å². The minimum Gasteiger partial charge on any atom is -0.493 e. The first-order chi connectivity index (χ1) is 9.40. The van der Waals surface area contributed by atoms with Gasteiger partial charge in [-0.15, -0.1) is 0 Å². The molecule has 0 fully saturated rings. The molecule has 1 aromatic rings. The number of hydrogen-bond acceptors (Lipinski definition) is 3. The van der Waals surface area contributed by atoms with Crippen molar-refractivity contribution in [2.75, 3.05) is 19.8 Å². The molecule has 0 saturated carbocycles. The van der Waals surface area contributed by atoms with Crippen LogP contribution in [-0.2, 0) is 11.2 Å². The molecule has 20 heavy (non-hydrogen) atoms. The van der Waals surface area contributed by atoms with Crippen LogP contribution in [0.1, 0.15) is 17.2 Å². The molecule has 1 aromatic carbocycles. The molecule has 112 valence electrons. The van der Waals surface area contributed by atoms with Crippen LogP contribution < -0.4 is 4.74 Å². The Morgan fingerprint density at radius 1 is 1.35 bits per heavy atom. The first-order valence-electron chi connectivity index (χ1n) is 6.07. The van der Waals surface area contributed by atoms with E-state index in [4.69, 9.17) is 4.74 Å². The number of fused-ring (bicyclic) bond motifs is 1. The quantitative estimate of drug-likeness (QED) is 0.820. The second-order valence-electron chi connectivity index (χ2n) is 4.56. The summed E-state index contributed by atoms with van der Waals surface area (Å²) in [5.74, 6) is -3.48. The second-order valence-corrected chi connectivity index (χ2v) is 4.56. The lowest BCUT2D eigenvalue weighted by Gasteiger charge is -2.17. The topological polar surface area (TPSA) is 38.7 Å². The number of halogens is 4. The van der Waals surface area contributed by atoms with Gasteiger partial charge in [0, 0.05) is 6.42 Å². The van der Waals surface area contributed by atoms with E-state index in [1.807, 2.05) is 0 Å². The fourth-order valence-corrected chi connectivity index (χ4v) is 1.88. The summed E-state index contributed by atoms with van der Waals surface area (Å²) in [6.07, 6.45) is -4.22. The minimum atomic E-state index is -4.20. The third-order valence-electron chi connectivity index (χ3n) is 2.99. The van der Waals surface area contributed by atoms with E-state index in [9.17, 15) is 22.7 Å². The van der Waals surface area contributed by atoms with Crippen LogP contribution in [0.25, 0.3) is 0 Å². The van der Waals surface area contributed by atoms with Gasteiger partial charge in [-0.05, 0) is 23.3 Å². The van der Waals surface area contributed by atoms with Crippen LogP contribution in [0.5, 0.6) is 5.75 Å². The zero-order valence-electron chi connectivity index (χ0n) is 10.5. The van der Waals surface area contributed by atoms with Crippen LogP contribution in [0, 0.1) is 0 Å². The number of rotatable bonds is 6. The zero-order valence-corrected chi connectivity index (χ0v) is 10.5. The molecule has 1 heterocycles. The van der Waals surface area contributed by atoms with E-state index in [1.165, 1.54) is 0 Å². The Morgan fingerprint density at radius 3 is 2.80 bits per heavy atom. The van der Waals surface area contributed by atoms with E-state index in [0.29, 0.717) is 18.6 Å². The Morgan fingerprint density at radius 2 is 2.10 bits per heavy atom. The molecule has 0 saturated heterocycles. The molecule has 1 atom stereocenters. The first kappa shape index (κ1) is 15.1.